The summed E-state index contributed by atoms with van der Waals surface area (Å²) in [6.45, 7) is 10.0. The first kappa shape index (κ1) is 26.1. The van der Waals surface area contributed by atoms with Crippen molar-refractivity contribution in [2.75, 3.05) is 26.2 Å². The first-order chi connectivity index (χ1) is 16.7. The highest BCUT2D eigenvalue weighted by Gasteiger charge is 2.23. The van der Waals surface area contributed by atoms with Gasteiger partial charge in [-0.1, -0.05) is 38.1 Å². The summed E-state index contributed by atoms with van der Waals surface area (Å²) >= 11 is 0. The molecule has 1 atom stereocenters. The summed E-state index contributed by atoms with van der Waals surface area (Å²) in [5, 5.41) is 14.7. The molecule has 0 aliphatic heterocycles. The van der Waals surface area contributed by atoms with Crippen molar-refractivity contribution in [1.29, 1.82) is 0 Å². The second kappa shape index (κ2) is 14.7. The maximum Gasteiger partial charge on any atom is 0.106 e. The van der Waals surface area contributed by atoms with Crippen LogP contribution in [0.2, 0.25) is 0 Å². The number of hydrogen-bond donors (Lipinski definition) is 4. The summed E-state index contributed by atoms with van der Waals surface area (Å²) in [6.07, 6.45) is 12.8. The van der Waals surface area contributed by atoms with Gasteiger partial charge in [0.25, 0.3) is 0 Å². The molecule has 3 rings (SSSR count). The van der Waals surface area contributed by atoms with Gasteiger partial charge in [0.05, 0.1) is 6.10 Å². The van der Waals surface area contributed by atoms with E-state index in [2.05, 4.69) is 56.1 Å². The van der Waals surface area contributed by atoms with Gasteiger partial charge in [0.1, 0.15) is 11.6 Å². The molecule has 186 valence electrons. The molecule has 2 heterocycles. The van der Waals surface area contributed by atoms with E-state index in [0.29, 0.717) is 12.8 Å². The van der Waals surface area contributed by atoms with Gasteiger partial charge in [0.2, 0.25) is 0 Å². The number of imidazole rings is 2. The topological polar surface area (TPSA) is 92.9 Å². The number of hydrogen-bond acceptors (Lipinski definition) is 5. The lowest BCUT2D eigenvalue weighted by atomic mass is 9.89. The first-order valence-corrected chi connectivity index (χ1v) is 12.9. The monoisotopic (exact) mass is 466 g/mol. The van der Waals surface area contributed by atoms with E-state index in [-0.39, 0.29) is 5.92 Å². The highest BCUT2D eigenvalue weighted by atomic mass is 16.3. The van der Waals surface area contributed by atoms with Crippen LogP contribution >= 0.6 is 0 Å². The molecule has 0 aliphatic carbocycles. The molecule has 2 aromatic heterocycles. The molecule has 1 aromatic carbocycles. The van der Waals surface area contributed by atoms with E-state index in [0.717, 1.165) is 30.3 Å². The second-order valence-corrected chi connectivity index (χ2v) is 9.15. The van der Waals surface area contributed by atoms with Gasteiger partial charge in [-0.2, -0.15) is 0 Å². The van der Waals surface area contributed by atoms with Crippen LogP contribution in [0.25, 0.3) is 0 Å². The summed E-state index contributed by atoms with van der Waals surface area (Å²) in [6, 6.07) is 8.33. The molecule has 34 heavy (non-hydrogen) atoms. The molecule has 0 bridgehead atoms. The van der Waals surface area contributed by atoms with Gasteiger partial charge in [-0.05, 0) is 63.0 Å². The van der Waals surface area contributed by atoms with Crippen LogP contribution in [0, 0.1) is 5.92 Å². The van der Waals surface area contributed by atoms with Crippen LogP contribution in [-0.4, -0.2) is 56.1 Å². The Hall–Kier alpha value is -2.48. The van der Waals surface area contributed by atoms with Gasteiger partial charge in [-0.25, -0.2) is 9.97 Å². The van der Waals surface area contributed by atoms with Gasteiger partial charge in [0.15, 0.2) is 0 Å². The van der Waals surface area contributed by atoms with Crippen LogP contribution in [0.15, 0.2) is 49.1 Å². The molecule has 0 amide bonds. The van der Waals surface area contributed by atoms with Crippen LogP contribution in [-0.2, 0) is 19.4 Å². The van der Waals surface area contributed by atoms with E-state index in [4.69, 9.17) is 0 Å². The fourth-order valence-electron chi connectivity index (χ4n) is 4.50. The van der Waals surface area contributed by atoms with Crippen LogP contribution in [0.1, 0.15) is 68.4 Å². The molecule has 7 heteroatoms. The Morgan fingerprint density at radius 1 is 0.882 bits per heavy atom. The number of nitrogens with zero attached hydrogens (tertiary/aromatic N) is 3. The Labute approximate surface area is 204 Å². The molecule has 0 spiro atoms. The fourth-order valence-corrected chi connectivity index (χ4v) is 4.50. The summed E-state index contributed by atoms with van der Waals surface area (Å²) < 4.78 is 0. The third-order valence-corrected chi connectivity index (χ3v) is 6.28. The van der Waals surface area contributed by atoms with Crippen LogP contribution < -0.4 is 5.32 Å². The Morgan fingerprint density at radius 3 is 2.03 bits per heavy atom. The zero-order chi connectivity index (χ0) is 24.0. The molecule has 0 saturated heterocycles. The van der Waals surface area contributed by atoms with E-state index in [9.17, 15) is 5.11 Å². The number of benzene rings is 1. The fraction of sp³-hybridized carbons (Fsp3) is 0.556. The average molecular weight is 467 g/mol. The Bertz CT molecular complexity index is 836. The normalized spacial score (nSPS) is 12.6. The molecule has 0 aliphatic rings. The van der Waals surface area contributed by atoms with E-state index < -0.39 is 6.10 Å². The van der Waals surface area contributed by atoms with Crippen molar-refractivity contribution in [1.82, 2.24) is 30.2 Å². The number of aromatic nitrogens is 4. The van der Waals surface area contributed by atoms with Crippen molar-refractivity contribution in [3.8, 4) is 0 Å². The van der Waals surface area contributed by atoms with E-state index in [1.54, 1.807) is 12.4 Å². The number of aliphatic hydroxyl groups excluding tert-OH is 1. The quantitative estimate of drug-likeness (QED) is 0.223. The van der Waals surface area contributed by atoms with Crippen LogP contribution in [0.5, 0.6) is 0 Å². The average Bonchev–Trinajstić information content (AvgIpc) is 3.56. The third-order valence-electron chi connectivity index (χ3n) is 6.28. The van der Waals surface area contributed by atoms with Gasteiger partial charge in [-0.3, -0.25) is 0 Å². The summed E-state index contributed by atoms with van der Waals surface area (Å²) in [5.41, 5.74) is 2.17. The van der Waals surface area contributed by atoms with Crippen LogP contribution in [0.4, 0.5) is 0 Å². The Kier molecular flexibility index (Phi) is 11.3. The van der Waals surface area contributed by atoms with Crippen molar-refractivity contribution in [2.45, 2.75) is 65.0 Å². The highest BCUT2D eigenvalue weighted by molar-refractivity contribution is 5.25. The number of H-pyrrole nitrogens is 2. The Morgan fingerprint density at radius 2 is 1.50 bits per heavy atom. The minimum Gasteiger partial charge on any atom is -0.388 e. The first-order valence-electron chi connectivity index (χ1n) is 12.9. The Balaban J connectivity index is 1.45. The molecule has 4 N–H and O–H groups in total. The van der Waals surface area contributed by atoms with Crippen molar-refractivity contribution in [3.63, 3.8) is 0 Å². The predicted molar refractivity (Wildman–Crippen MR) is 137 cm³/mol. The van der Waals surface area contributed by atoms with E-state index in [1.165, 1.54) is 50.9 Å². The molecule has 1 unspecified atom stereocenters. The summed E-state index contributed by atoms with van der Waals surface area (Å²) in [5.74, 6) is 1.73. The molecular weight excluding hydrogens is 424 g/mol. The van der Waals surface area contributed by atoms with Gasteiger partial charge >= 0.3 is 0 Å². The number of aliphatic hydroxyl groups is 1. The number of unbranched alkanes of at least 4 members (excludes halogenated alkanes) is 1. The SMILES string of the molecule is CCCN(CCC)CCCCNCc1ccc(C(O)C(Cc2ncc[nH]2)Cc2ncc[nH]2)cc1. The molecule has 0 fully saturated rings. The number of rotatable bonds is 17. The summed E-state index contributed by atoms with van der Waals surface area (Å²) in [4.78, 5) is 17.6. The molecule has 7 nitrogen and oxygen atoms in total. The maximum absolute atomic E-state index is 11.2. The number of aromatic amines is 2. The minimum absolute atomic E-state index is 0.0266. The van der Waals surface area contributed by atoms with Crippen molar-refractivity contribution in [2.24, 2.45) is 5.92 Å². The third kappa shape index (κ3) is 8.70. The molecule has 0 radical (unpaired) electrons. The zero-order valence-electron chi connectivity index (χ0n) is 20.8. The standard InChI is InChI=1S/C27H42N6O/c1-3-16-33(17-4-2)18-6-5-11-28-21-22-7-9-23(10-8-22)27(34)24(19-25-29-12-13-30-25)20-26-31-14-15-32-26/h7-10,12-15,24,27-28,34H,3-6,11,16-21H2,1-2H3,(H,29,30)(H,31,32). The van der Waals surface area contributed by atoms with Crippen molar-refractivity contribution in [3.05, 3.63) is 71.8 Å². The maximum atomic E-state index is 11.2. The van der Waals surface area contributed by atoms with Crippen LogP contribution in [0.3, 0.4) is 0 Å². The van der Waals surface area contributed by atoms with Gasteiger partial charge in [0, 0.05) is 50.1 Å². The smallest absolute Gasteiger partial charge is 0.106 e. The van der Waals surface area contributed by atoms with Gasteiger partial charge < -0.3 is 25.3 Å². The van der Waals surface area contributed by atoms with Crippen molar-refractivity contribution < 1.29 is 5.11 Å². The van der Waals surface area contributed by atoms with Crippen molar-refractivity contribution >= 4 is 0 Å². The second-order valence-electron chi connectivity index (χ2n) is 9.15. The number of nitrogens with one attached hydrogen (secondary N) is 3. The highest BCUT2D eigenvalue weighted by Crippen LogP contribution is 2.27. The van der Waals surface area contributed by atoms with E-state index in [1.807, 2.05) is 24.5 Å². The van der Waals surface area contributed by atoms with E-state index >= 15 is 0 Å². The zero-order valence-corrected chi connectivity index (χ0v) is 20.8. The largest absolute Gasteiger partial charge is 0.388 e. The minimum atomic E-state index is -0.591. The lowest BCUT2D eigenvalue weighted by Gasteiger charge is -2.22. The summed E-state index contributed by atoms with van der Waals surface area (Å²) in [7, 11) is 0. The molecule has 0 saturated carbocycles. The molecular formula is C27H42N6O. The van der Waals surface area contributed by atoms with Gasteiger partial charge in [-0.15, -0.1) is 0 Å². The molecule has 3 aromatic rings. The lowest BCUT2D eigenvalue weighted by Crippen LogP contribution is -2.27. The predicted octanol–water partition coefficient (Wildman–Crippen LogP) is 4.26. The lowest BCUT2D eigenvalue weighted by molar-refractivity contribution is 0.106.